The maximum absolute atomic E-state index is 13.2. The van der Waals surface area contributed by atoms with Crippen molar-refractivity contribution in [3.05, 3.63) is 33.4 Å². The van der Waals surface area contributed by atoms with Crippen LogP contribution in [0.5, 0.6) is 11.5 Å². The van der Waals surface area contributed by atoms with Gasteiger partial charge in [-0.1, -0.05) is 29.4 Å². The van der Waals surface area contributed by atoms with Gasteiger partial charge in [-0.05, 0) is 25.0 Å². The third kappa shape index (κ3) is 3.86. The van der Waals surface area contributed by atoms with Gasteiger partial charge >= 0.3 is 0 Å². The van der Waals surface area contributed by atoms with E-state index < -0.39 is 22.0 Å². The fourth-order valence-corrected chi connectivity index (χ4v) is 8.23. The van der Waals surface area contributed by atoms with E-state index in [0.717, 1.165) is 28.0 Å². The van der Waals surface area contributed by atoms with Crippen LogP contribution in [0.4, 0.5) is 0 Å². The Morgan fingerprint density at radius 2 is 1.91 bits per heavy atom. The molecule has 0 N–H and O–H groups in total. The molecule has 12 heteroatoms. The number of rotatable bonds is 3. The number of halogens is 1. The highest BCUT2D eigenvalue weighted by molar-refractivity contribution is 7.91. The van der Waals surface area contributed by atoms with Gasteiger partial charge in [-0.25, -0.2) is 8.42 Å². The molecule has 2 aromatic heterocycles. The molecule has 2 aliphatic rings. The van der Waals surface area contributed by atoms with Crippen LogP contribution in [0.15, 0.2) is 33.5 Å². The molecule has 1 atom stereocenters. The third-order valence-electron chi connectivity index (χ3n) is 5.53. The van der Waals surface area contributed by atoms with E-state index in [2.05, 4.69) is 4.99 Å². The van der Waals surface area contributed by atoms with Crippen molar-refractivity contribution in [2.24, 2.45) is 12.0 Å². The number of benzene rings is 1. The molecule has 1 saturated heterocycles. The lowest BCUT2D eigenvalue weighted by Gasteiger charge is -2.31. The van der Waals surface area contributed by atoms with Gasteiger partial charge in [0.05, 0.1) is 14.6 Å². The number of sulfonamides is 1. The van der Waals surface area contributed by atoms with E-state index in [1.165, 1.54) is 21.7 Å². The molecule has 8 nitrogen and oxygen atoms in total. The first-order valence-corrected chi connectivity index (χ1v) is 13.5. The zero-order valence-corrected chi connectivity index (χ0v) is 20.3. The minimum absolute atomic E-state index is 0.139. The Labute approximate surface area is 197 Å². The van der Waals surface area contributed by atoms with Gasteiger partial charge in [-0.2, -0.15) is 9.30 Å². The predicted molar refractivity (Wildman–Crippen MR) is 123 cm³/mol. The molecule has 32 heavy (non-hydrogen) atoms. The molecule has 0 bridgehead atoms. The summed E-state index contributed by atoms with van der Waals surface area (Å²) in [6.07, 6.45) is 1.90. The van der Waals surface area contributed by atoms with Gasteiger partial charge in [0.1, 0.15) is 23.5 Å². The van der Waals surface area contributed by atoms with Gasteiger partial charge in [0.2, 0.25) is 0 Å². The second-order valence-electron chi connectivity index (χ2n) is 7.54. The molecular formula is C20H20ClN3O5S3. The normalized spacial score (nSPS) is 20.1. The van der Waals surface area contributed by atoms with Crippen molar-refractivity contribution < 1.29 is 22.7 Å². The second kappa shape index (κ2) is 8.45. The number of ether oxygens (including phenoxy) is 2. The van der Waals surface area contributed by atoms with E-state index in [4.69, 9.17) is 21.1 Å². The summed E-state index contributed by atoms with van der Waals surface area (Å²) in [6, 6.07) is 5.96. The smallest absolute Gasteiger partial charge is 0.266 e. The maximum atomic E-state index is 13.2. The summed E-state index contributed by atoms with van der Waals surface area (Å²) in [7, 11) is -2.00. The fraction of sp³-hybridized carbons (Fsp3) is 0.400. The van der Waals surface area contributed by atoms with E-state index >= 15 is 0 Å². The number of amides is 1. The molecular weight excluding hydrogens is 494 g/mol. The molecule has 1 aromatic carbocycles. The van der Waals surface area contributed by atoms with E-state index in [0.29, 0.717) is 46.7 Å². The number of piperidine rings is 1. The van der Waals surface area contributed by atoms with Crippen LogP contribution in [0.2, 0.25) is 4.34 Å². The Balaban J connectivity index is 1.51. The monoisotopic (exact) mass is 513 g/mol. The van der Waals surface area contributed by atoms with Crippen molar-refractivity contribution in [2.75, 3.05) is 19.8 Å². The van der Waals surface area contributed by atoms with E-state index in [1.54, 1.807) is 6.07 Å². The van der Waals surface area contributed by atoms with E-state index in [9.17, 15) is 13.2 Å². The van der Waals surface area contributed by atoms with Gasteiger partial charge in [0.15, 0.2) is 16.3 Å². The summed E-state index contributed by atoms with van der Waals surface area (Å²) in [4.78, 5) is 18.0. The molecule has 170 valence electrons. The lowest BCUT2D eigenvalue weighted by atomic mass is 10.0. The lowest BCUT2D eigenvalue weighted by molar-refractivity contribution is -0.122. The number of fused-ring (bicyclic) bond motifs is 2. The van der Waals surface area contributed by atoms with E-state index in [-0.39, 0.29) is 10.8 Å². The average molecular weight is 514 g/mol. The van der Waals surface area contributed by atoms with Crippen LogP contribution in [0.25, 0.3) is 10.2 Å². The summed E-state index contributed by atoms with van der Waals surface area (Å²) < 4.78 is 42.2. The molecule has 1 amide bonds. The number of thiophene rings is 1. The quantitative estimate of drug-likeness (QED) is 0.535. The number of aryl methyl sites for hydroxylation is 1. The van der Waals surface area contributed by atoms with Crippen molar-refractivity contribution in [3.63, 3.8) is 0 Å². The summed E-state index contributed by atoms with van der Waals surface area (Å²) in [6.45, 7) is 1.26. The van der Waals surface area contributed by atoms with Crippen molar-refractivity contribution in [2.45, 2.75) is 29.5 Å². The molecule has 5 rings (SSSR count). The Hall–Kier alpha value is -1.92. The summed E-state index contributed by atoms with van der Waals surface area (Å²) in [5.74, 6) is 0.868. The number of nitrogens with zero attached hydrogens (tertiary/aromatic N) is 3. The Morgan fingerprint density at radius 3 is 2.62 bits per heavy atom. The van der Waals surface area contributed by atoms with Crippen LogP contribution in [0, 0.1) is 0 Å². The minimum Gasteiger partial charge on any atom is -0.486 e. The molecule has 0 aliphatic carbocycles. The van der Waals surface area contributed by atoms with Crippen LogP contribution < -0.4 is 14.3 Å². The minimum atomic E-state index is -3.82. The summed E-state index contributed by atoms with van der Waals surface area (Å²) in [5, 5.41) is 0. The molecule has 3 aromatic rings. The van der Waals surface area contributed by atoms with Crippen LogP contribution >= 0.6 is 34.3 Å². The van der Waals surface area contributed by atoms with Crippen LogP contribution in [0.1, 0.15) is 19.3 Å². The summed E-state index contributed by atoms with van der Waals surface area (Å²) >= 11 is 8.29. The topological polar surface area (TPSA) is 90.2 Å². The number of carbonyl (C=O) groups excluding carboxylic acids is 1. The Morgan fingerprint density at radius 1 is 1.16 bits per heavy atom. The maximum Gasteiger partial charge on any atom is 0.266 e. The molecule has 0 spiro atoms. The SMILES string of the molecule is Cn1c(=NC(=O)C2CCCCN2S(=O)(=O)c2ccc(Cl)s2)sc2cc3c(cc21)OCCO3. The number of hydrogen-bond donors (Lipinski definition) is 0. The fourth-order valence-electron chi connectivity index (χ4n) is 3.93. The number of thiazole rings is 1. The zero-order valence-electron chi connectivity index (χ0n) is 17.1. The van der Waals surface area contributed by atoms with Gasteiger partial charge in [-0.3, -0.25) is 4.79 Å². The first-order valence-electron chi connectivity index (χ1n) is 10.1. The van der Waals surface area contributed by atoms with Gasteiger partial charge in [0, 0.05) is 25.7 Å². The molecule has 0 saturated carbocycles. The van der Waals surface area contributed by atoms with Gasteiger partial charge < -0.3 is 14.0 Å². The molecule has 4 heterocycles. The average Bonchev–Trinajstić information content (AvgIpc) is 3.36. The zero-order chi connectivity index (χ0) is 22.5. The largest absolute Gasteiger partial charge is 0.486 e. The van der Waals surface area contributed by atoms with Crippen molar-refractivity contribution >= 4 is 60.4 Å². The van der Waals surface area contributed by atoms with Crippen LogP contribution in [-0.2, 0) is 21.9 Å². The van der Waals surface area contributed by atoms with Gasteiger partial charge in [-0.15, -0.1) is 11.3 Å². The lowest BCUT2D eigenvalue weighted by Crippen LogP contribution is -2.47. The molecule has 2 aliphatic heterocycles. The molecule has 1 fully saturated rings. The summed E-state index contributed by atoms with van der Waals surface area (Å²) in [5.41, 5.74) is 0.868. The Bertz CT molecular complexity index is 1370. The van der Waals surface area contributed by atoms with Crippen LogP contribution in [-0.4, -0.2) is 49.0 Å². The first kappa shape index (κ1) is 21.9. The first-order chi connectivity index (χ1) is 15.3. The number of carbonyl (C=O) groups is 1. The highest BCUT2D eigenvalue weighted by atomic mass is 35.5. The highest BCUT2D eigenvalue weighted by Gasteiger charge is 2.38. The molecule has 1 unspecified atom stereocenters. The van der Waals surface area contributed by atoms with E-state index in [1.807, 2.05) is 23.7 Å². The third-order valence-corrected chi connectivity index (χ3v) is 10.2. The Kier molecular flexibility index (Phi) is 5.79. The van der Waals surface area contributed by atoms with Gasteiger partial charge in [0.25, 0.3) is 15.9 Å². The van der Waals surface area contributed by atoms with Crippen molar-refractivity contribution in [3.8, 4) is 11.5 Å². The van der Waals surface area contributed by atoms with Crippen molar-refractivity contribution in [1.82, 2.24) is 8.87 Å². The standard InChI is InChI=1S/C20H20ClN3O5S3/c1-23-13-10-14-15(29-9-8-28-14)11-16(13)30-20(23)22-19(25)12-4-2-3-7-24(12)32(26,27)18-6-5-17(21)31-18/h5-6,10-12H,2-4,7-9H2,1H3. The predicted octanol–water partition coefficient (Wildman–Crippen LogP) is 3.40. The van der Waals surface area contributed by atoms with Crippen LogP contribution in [0.3, 0.4) is 0 Å². The second-order valence-corrected chi connectivity index (χ2v) is 12.4. The number of aromatic nitrogens is 1. The molecule has 0 radical (unpaired) electrons. The van der Waals surface area contributed by atoms with Crippen molar-refractivity contribution in [1.29, 1.82) is 0 Å². The number of hydrogen-bond acceptors (Lipinski definition) is 7. The highest BCUT2D eigenvalue weighted by Crippen LogP contribution is 2.35.